The van der Waals surface area contributed by atoms with Gasteiger partial charge in [0, 0.05) is 75.1 Å². The number of carbonyl (C=O) groups is 8. The molecule has 8 atom stereocenters. The van der Waals surface area contributed by atoms with Crippen LogP contribution < -0.4 is 16.0 Å². The first kappa shape index (κ1) is 61.1. The number of carboxylic acid groups (broad SMARTS) is 1. The summed E-state index contributed by atoms with van der Waals surface area (Å²) in [4.78, 5) is 113. The molecule has 0 aliphatic heterocycles. The van der Waals surface area contributed by atoms with E-state index in [1.54, 1.807) is 13.1 Å². The second-order valence-corrected chi connectivity index (χ2v) is 19.8. The third-order valence-corrected chi connectivity index (χ3v) is 13.4. The number of benzene rings is 1. The Balaban J connectivity index is 1.95. The van der Waals surface area contributed by atoms with Crippen molar-refractivity contribution in [2.24, 2.45) is 23.7 Å². The van der Waals surface area contributed by atoms with E-state index in [4.69, 9.17) is 0 Å². The number of hydrogen-bond acceptors (Lipinski definition) is 10. The van der Waals surface area contributed by atoms with E-state index in [1.807, 2.05) is 44.2 Å². The molecule has 0 spiro atoms. The molecule has 0 aliphatic rings. The second-order valence-electron chi connectivity index (χ2n) is 19.8. The van der Waals surface area contributed by atoms with E-state index < -0.39 is 71.3 Å². The Labute approximate surface area is 417 Å². The third kappa shape index (κ3) is 25.7. The van der Waals surface area contributed by atoms with Gasteiger partial charge in [0.15, 0.2) is 17.3 Å². The van der Waals surface area contributed by atoms with Gasteiger partial charge in [-0.3, -0.25) is 38.4 Å². The number of hydrogen-bond donors (Lipinski definition) is 6. The maximum atomic E-state index is 13.8. The van der Waals surface area contributed by atoms with Gasteiger partial charge in [0.2, 0.25) is 17.7 Å². The quantitative estimate of drug-likeness (QED) is 0.0345. The highest BCUT2D eigenvalue weighted by Gasteiger charge is 2.35. The molecule has 0 unspecified atom stereocenters. The van der Waals surface area contributed by atoms with Gasteiger partial charge in [-0.1, -0.05) is 141 Å². The first-order valence-electron chi connectivity index (χ1n) is 26.4. The molecular weight excluding hydrogens is 891 g/mol. The topological polar surface area (TPSA) is 242 Å². The van der Waals surface area contributed by atoms with Crippen molar-refractivity contribution in [3.8, 4) is 0 Å². The molecule has 0 saturated carbocycles. The molecule has 0 fully saturated rings. The van der Waals surface area contributed by atoms with Gasteiger partial charge in [-0.05, 0) is 50.5 Å². The molecule has 3 amide bonds. The molecule has 1 heterocycles. The average Bonchev–Trinajstić information content (AvgIpc) is 3.84. The predicted molar refractivity (Wildman–Crippen MR) is 271 cm³/mol. The van der Waals surface area contributed by atoms with Crippen molar-refractivity contribution in [1.82, 2.24) is 25.9 Å². The molecule has 2 aromatic rings. The number of aromatic amines is 1. The molecule has 70 heavy (non-hydrogen) atoms. The number of aromatic nitrogens is 2. The van der Waals surface area contributed by atoms with E-state index in [0.29, 0.717) is 25.0 Å². The van der Waals surface area contributed by atoms with Crippen molar-refractivity contribution in [1.29, 1.82) is 0 Å². The van der Waals surface area contributed by atoms with Crippen molar-refractivity contribution in [2.75, 3.05) is 0 Å². The Bertz CT molecular complexity index is 1870. The van der Waals surface area contributed by atoms with Gasteiger partial charge < -0.3 is 31.1 Å². The average molecular weight is 978 g/mol. The monoisotopic (exact) mass is 978 g/mol. The SMILES string of the molecule is CCCCCCCCCCCCCCCC(=O)C[C@@H](CCC(=O)O)C(=O)N[C@H](C(=O)C[C@H](C(=O)N[C@@H](C)C(=O)CCC(=O)N[C@@H](Cc1cnc[nH]1)C(=O)C[C@H](C)Cc1ccccc1)[C@@H](C)CC)[C@@H](C)O. The minimum atomic E-state index is -1.44. The summed E-state index contributed by atoms with van der Waals surface area (Å²) in [5.74, 6) is -6.65. The van der Waals surface area contributed by atoms with Gasteiger partial charge in [-0.25, -0.2) is 4.98 Å². The first-order valence-corrected chi connectivity index (χ1v) is 26.4. The molecule has 6 N–H and O–H groups in total. The van der Waals surface area contributed by atoms with Crippen molar-refractivity contribution in [3.05, 3.63) is 54.1 Å². The van der Waals surface area contributed by atoms with E-state index in [0.717, 1.165) is 24.8 Å². The van der Waals surface area contributed by atoms with Crippen LogP contribution in [0.25, 0.3) is 0 Å². The van der Waals surface area contributed by atoms with Gasteiger partial charge in [-0.2, -0.15) is 0 Å². The number of carbonyl (C=O) groups excluding carboxylic acids is 7. The highest BCUT2D eigenvalue weighted by atomic mass is 16.4. The highest BCUT2D eigenvalue weighted by molar-refractivity contribution is 5.96. The minimum Gasteiger partial charge on any atom is -0.481 e. The fourth-order valence-corrected chi connectivity index (χ4v) is 8.82. The Morgan fingerprint density at radius 3 is 1.81 bits per heavy atom. The molecule has 0 radical (unpaired) electrons. The molecule has 15 heteroatoms. The summed E-state index contributed by atoms with van der Waals surface area (Å²) in [6, 6.07) is 6.51. The zero-order valence-corrected chi connectivity index (χ0v) is 43.2. The highest BCUT2D eigenvalue weighted by Crippen LogP contribution is 2.23. The zero-order valence-electron chi connectivity index (χ0n) is 43.2. The lowest BCUT2D eigenvalue weighted by molar-refractivity contribution is -0.139. The molecule has 0 bridgehead atoms. The van der Waals surface area contributed by atoms with Crippen LogP contribution >= 0.6 is 0 Å². The fraction of sp³-hybridized carbons (Fsp3) is 0.691. The van der Waals surface area contributed by atoms with Crippen LogP contribution in [-0.4, -0.2) is 91.2 Å². The van der Waals surface area contributed by atoms with E-state index >= 15 is 0 Å². The number of nitrogens with one attached hydrogen (secondary N) is 4. The molecular formula is C55H87N5O10. The molecule has 1 aromatic heterocycles. The summed E-state index contributed by atoms with van der Waals surface area (Å²) in [5.41, 5.74) is 1.77. The molecule has 0 saturated heterocycles. The third-order valence-electron chi connectivity index (χ3n) is 13.4. The number of aliphatic carboxylic acids is 1. The molecule has 1 aromatic carbocycles. The molecule has 15 nitrogen and oxygen atoms in total. The number of H-pyrrole nitrogens is 1. The van der Waals surface area contributed by atoms with Crippen LogP contribution in [0.1, 0.15) is 194 Å². The maximum absolute atomic E-state index is 13.8. The van der Waals surface area contributed by atoms with Crippen LogP contribution in [0.15, 0.2) is 42.9 Å². The van der Waals surface area contributed by atoms with E-state index in [-0.39, 0.29) is 81.2 Å². The first-order chi connectivity index (χ1) is 33.4. The summed E-state index contributed by atoms with van der Waals surface area (Å²) in [6.45, 7) is 10.6. The number of Topliss-reactive ketones (excluding diaryl/α,β-unsaturated/α-hetero) is 4. The number of unbranched alkanes of at least 4 members (excludes halogenated alkanes) is 12. The Kier molecular flexibility index (Phi) is 30.6. The Morgan fingerprint density at radius 2 is 1.26 bits per heavy atom. The Morgan fingerprint density at radius 1 is 0.643 bits per heavy atom. The van der Waals surface area contributed by atoms with Gasteiger partial charge in [0.25, 0.3) is 0 Å². The number of aliphatic hydroxyl groups excluding tert-OH is 1. The lowest BCUT2D eigenvalue weighted by Crippen LogP contribution is -2.51. The zero-order chi connectivity index (χ0) is 51.8. The van der Waals surface area contributed by atoms with E-state index in [2.05, 4.69) is 32.8 Å². The van der Waals surface area contributed by atoms with Crippen molar-refractivity contribution in [3.63, 3.8) is 0 Å². The smallest absolute Gasteiger partial charge is 0.303 e. The molecule has 2 rings (SSSR count). The summed E-state index contributed by atoms with van der Waals surface area (Å²) in [5, 5.41) is 28.2. The van der Waals surface area contributed by atoms with Crippen LogP contribution in [0.4, 0.5) is 0 Å². The van der Waals surface area contributed by atoms with Gasteiger partial charge >= 0.3 is 5.97 Å². The number of nitrogens with zero attached hydrogens (tertiary/aromatic N) is 1. The maximum Gasteiger partial charge on any atom is 0.303 e. The summed E-state index contributed by atoms with van der Waals surface area (Å²) in [6.07, 6.45) is 17.2. The van der Waals surface area contributed by atoms with Gasteiger partial charge in [0.05, 0.1) is 24.5 Å². The van der Waals surface area contributed by atoms with Crippen molar-refractivity contribution < 1.29 is 48.6 Å². The number of aliphatic hydroxyl groups is 1. The standard InChI is InChI=1S/C55H87N5O10/c1-7-9-10-11-12-13-14-15-16-17-18-19-23-26-45(62)33-43(27-30-52(67)68)54(69)60-53(41(6)61)50(65)35-46(39(4)8-2)55(70)58-40(5)48(63)28-29-51(66)59-47(34-44-36-56-37-57-44)49(64)32-38(3)31-42-24-21-20-22-25-42/h20-22,24-25,36-41,43,46-47,53,61H,7-19,23,26-35H2,1-6H3,(H,56,57)(H,58,70)(H,59,66)(H,60,69)(H,67,68)/t38-,39+,40+,41-,43-,46+,47+,53+/m1/s1. The number of carboxylic acids is 1. The van der Waals surface area contributed by atoms with Gasteiger partial charge in [0.1, 0.15) is 11.8 Å². The van der Waals surface area contributed by atoms with E-state index in [1.165, 1.54) is 78.0 Å². The van der Waals surface area contributed by atoms with Crippen LogP contribution in [0, 0.1) is 23.7 Å². The van der Waals surface area contributed by atoms with E-state index in [9.17, 15) is 48.6 Å². The summed E-state index contributed by atoms with van der Waals surface area (Å²) < 4.78 is 0. The normalized spacial score (nSPS) is 14.8. The Hall–Kier alpha value is -5.05. The predicted octanol–water partition coefficient (Wildman–Crippen LogP) is 8.54. The largest absolute Gasteiger partial charge is 0.481 e. The fourth-order valence-electron chi connectivity index (χ4n) is 8.82. The molecule has 0 aliphatic carbocycles. The lowest BCUT2D eigenvalue weighted by atomic mass is 9.84. The van der Waals surface area contributed by atoms with Crippen molar-refractivity contribution >= 4 is 46.8 Å². The van der Waals surface area contributed by atoms with Gasteiger partial charge in [-0.15, -0.1) is 0 Å². The summed E-state index contributed by atoms with van der Waals surface area (Å²) in [7, 11) is 0. The van der Waals surface area contributed by atoms with Crippen LogP contribution in [-0.2, 0) is 51.2 Å². The van der Waals surface area contributed by atoms with Crippen LogP contribution in [0.5, 0.6) is 0 Å². The minimum absolute atomic E-state index is 0.0153. The summed E-state index contributed by atoms with van der Waals surface area (Å²) >= 11 is 0. The number of imidazole rings is 1. The van der Waals surface area contributed by atoms with Crippen molar-refractivity contribution in [2.45, 2.75) is 220 Å². The molecule has 392 valence electrons. The number of ketones is 4. The second kappa shape index (κ2) is 35.1. The van der Waals surface area contributed by atoms with Crippen LogP contribution in [0.3, 0.4) is 0 Å². The number of rotatable bonds is 41. The van der Waals surface area contributed by atoms with Crippen LogP contribution in [0.2, 0.25) is 0 Å². The number of amides is 3. The lowest BCUT2D eigenvalue weighted by Gasteiger charge is -2.28.